The molecule has 12 nitrogen and oxygen atoms in total. The van der Waals surface area contributed by atoms with E-state index in [1.54, 1.807) is 5.38 Å². The summed E-state index contributed by atoms with van der Waals surface area (Å²) in [6.07, 6.45) is 0. The monoisotopic (exact) mass is 417 g/mol. The van der Waals surface area contributed by atoms with Crippen LogP contribution in [-0.2, 0) is 4.74 Å². The summed E-state index contributed by atoms with van der Waals surface area (Å²) < 4.78 is 10.7. The van der Waals surface area contributed by atoms with Gasteiger partial charge in [-0.3, -0.25) is 20.2 Å². The fourth-order valence-corrected chi connectivity index (χ4v) is 3.50. The molecule has 1 saturated heterocycles. The van der Waals surface area contributed by atoms with Crippen molar-refractivity contribution in [2.45, 2.75) is 0 Å². The zero-order valence-corrected chi connectivity index (χ0v) is 15.7. The molecule has 4 rings (SSSR count). The molecule has 2 aromatic heterocycles. The Morgan fingerprint density at radius 3 is 2.90 bits per heavy atom. The molecule has 1 aliphatic rings. The standard InChI is InChI=1S/C16H15N7O5S/c17-14(21-15-18-10-7-9(23(25)26)1-2-12(10)28-15)20-13(24)11-8-29-16(19-11)22-3-5-27-6-4-22/h1-2,7-8H,3-6H2,(H3,17,18,20,21,24). The number of non-ortho nitro benzene ring substituents is 1. The van der Waals surface area contributed by atoms with Crippen LogP contribution in [0, 0.1) is 10.1 Å². The number of oxazole rings is 1. The van der Waals surface area contributed by atoms with E-state index >= 15 is 0 Å². The number of guanidine groups is 1. The number of fused-ring (bicyclic) bond motifs is 1. The number of aromatic nitrogens is 2. The van der Waals surface area contributed by atoms with Crippen LogP contribution in [0.25, 0.3) is 11.1 Å². The number of nitrogens with two attached hydrogens (primary N) is 1. The Hall–Kier alpha value is -3.58. The summed E-state index contributed by atoms with van der Waals surface area (Å²) in [7, 11) is 0. The van der Waals surface area contributed by atoms with Gasteiger partial charge in [-0.25, -0.2) is 4.98 Å². The summed E-state index contributed by atoms with van der Waals surface area (Å²) in [4.78, 5) is 36.9. The van der Waals surface area contributed by atoms with Crippen molar-refractivity contribution in [1.82, 2.24) is 15.3 Å². The van der Waals surface area contributed by atoms with Crippen molar-refractivity contribution in [1.29, 1.82) is 0 Å². The Morgan fingerprint density at radius 2 is 2.14 bits per heavy atom. The van der Waals surface area contributed by atoms with Crippen LogP contribution in [0.15, 0.2) is 33.0 Å². The molecular weight excluding hydrogens is 402 g/mol. The number of ether oxygens (including phenoxy) is 1. The molecule has 0 spiro atoms. The second kappa shape index (κ2) is 7.81. The van der Waals surface area contributed by atoms with Gasteiger partial charge in [-0.1, -0.05) is 0 Å². The van der Waals surface area contributed by atoms with Gasteiger partial charge in [-0.2, -0.15) is 9.98 Å². The van der Waals surface area contributed by atoms with Crippen LogP contribution < -0.4 is 16.0 Å². The number of nitrogens with zero attached hydrogens (tertiary/aromatic N) is 5. The summed E-state index contributed by atoms with van der Waals surface area (Å²) in [5, 5.41) is 15.6. The van der Waals surface area contributed by atoms with Gasteiger partial charge < -0.3 is 19.8 Å². The SMILES string of the molecule is NC(=Nc1nc2cc([N+](=O)[O-])ccc2o1)NC(=O)c1csc(N2CCOCC2)n1. The number of nitrogens with one attached hydrogen (secondary N) is 1. The van der Waals surface area contributed by atoms with E-state index in [1.807, 2.05) is 4.90 Å². The average molecular weight is 417 g/mol. The second-order valence-corrected chi connectivity index (χ2v) is 6.81. The van der Waals surface area contributed by atoms with E-state index in [0.29, 0.717) is 31.9 Å². The molecule has 150 valence electrons. The zero-order valence-electron chi connectivity index (χ0n) is 14.9. The van der Waals surface area contributed by atoms with Gasteiger partial charge in [0.1, 0.15) is 11.2 Å². The Labute approximate surface area is 167 Å². The number of carbonyl (C=O) groups is 1. The van der Waals surface area contributed by atoms with E-state index in [-0.39, 0.29) is 28.9 Å². The molecule has 3 N–H and O–H groups in total. The summed E-state index contributed by atoms with van der Waals surface area (Å²) in [5.74, 6) is -0.759. The number of benzene rings is 1. The van der Waals surface area contributed by atoms with Crippen LogP contribution in [0.1, 0.15) is 10.5 Å². The lowest BCUT2D eigenvalue weighted by Crippen LogP contribution is -2.37. The molecule has 1 amide bonds. The first-order valence-electron chi connectivity index (χ1n) is 8.48. The maximum atomic E-state index is 12.3. The maximum absolute atomic E-state index is 12.3. The molecule has 1 aromatic carbocycles. The van der Waals surface area contributed by atoms with Crippen molar-refractivity contribution < 1.29 is 18.9 Å². The Balaban J connectivity index is 1.45. The molecule has 1 aliphatic heterocycles. The van der Waals surface area contributed by atoms with Crippen molar-refractivity contribution >= 4 is 51.1 Å². The fourth-order valence-electron chi connectivity index (χ4n) is 2.64. The van der Waals surface area contributed by atoms with Gasteiger partial charge in [0.2, 0.25) is 5.96 Å². The summed E-state index contributed by atoms with van der Waals surface area (Å²) in [6, 6.07) is 3.83. The van der Waals surface area contributed by atoms with Gasteiger partial charge in [0.15, 0.2) is 10.7 Å². The molecule has 13 heteroatoms. The van der Waals surface area contributed by atoms with E-state index in [9.17, 15) is 14.9 Å². The molecule has 0 saturated carbocycles. The minimum Gasteiger partial charge on any atom is -0.422 e. The lowest BCUT2D eigenvalue weighted by atomic mass is 10.3. The molecular formula is C16H15N7O5S. The van der Waals surface area contributed by atoms with Gasteiger partial charge in [-0.05, 0) is 6.07 Å². The number of thiazole rings is 1. The molecule has 1 fully saturated rings. The molecule has 0 unspecified atom stereocenters. The van der Waals surface area contributed by atoms with Gasteiger partial charge in [0, 0.05) is 30.6 Å². The Kier molecular flexibility index (Phi) is 5.05. The number of anilines is 1. The average Bonchev–Trinajstić information content (AvgIpc) is 3.34. The van der Waals surface area contributed by atoms with Gasteiger partial charge >= 0.3 is 6.01 Å². The number of nitro groups is 1. The first-order chi connectivity index (χ1) is 14.0. The number of morpholine rings is 1. The first-order valence-corrected chi connectivity index (χ1v) is 9.36. The number of aliphatic imine (C=N–C) groups is 1. The van der Waals surface area contributed by atoms with Crippen LogP contribution in [0.4, 0.5) is 16.8 Å². The van der Waals surface area contributed by atoms with E-state index in [4.69, 9.17) is 14.9 Å². The van der Waals surface area contributed by atoms with Crippen LogP contribution in [-0.4, -0.2) is 53.1 Å². The van der Waals surface area contributed by atoms with E-state index in [1.165, 1.54) is 29.5 Å². The normalized spacial score (nSPS) is 14.9. The minimum absolute atomic E-state index is 0.123. The lowest BCUT2D eigenvalue weighted by molar-refractivity contribution is -0.384. The van der Waals surface area contributed by atoms with Crippen LogP contribution in [0.2, 0.25) is 0 Å². The van der Waals surface area contributed by atoms with Crippen molar-refractivity contribution in [3.63, 3.8) is 0 Å². The second-order valence-electron chi connectivity index (χ2n) is 5.97. The third-order valence-electron chi connectivity index (χ3n) is 4.03. The van der Waals surface area contributed by atoms with E-state index < -0.39 is 10.8 Å². The van der Waals surface area contributed by atoms with Crippen molar-refractivity contribution in [2.75, 3.05) is 31.2 Å². The molecule has 0 bridgehead atoms. The van der Waals surface area contributed by atoms with Gasteiger partial charge in [0.25, 0.3) is 11.6 Å². The zero-order chi connectivity index (χ0) is 20.4. The molecule has 3 heterocycles. The predicted octanol–water partition coefficient (Wildman–Crippen LogP) is 1.41. The Morgan fingerprint density at radius 1 is 1.34 bits per heavy atom. The fraction of sp³-hybridized carbons (Fsp3) is 0.250. The van der Waals surface area contributed by atoms with Gasteiger partial charge in [-0.15, -0.1) is 11.3 Å². The van der Waals surface area contributed by atoms with Crippen LogP contribution in [0.3, 0.4) is 0 Å². The minimum atomic E-state index is -0.537. The highest BCUT2D eigenvalue weighted by Crippen LogP contribution is 2.25. The molecule has 29 heavy (non-hydrogen) atoms. The van der Waals surface area contributed by atoms with Crippen LogP contribution >= 0.6 is 11.3 Å². The smallest absolute Gasteiger partial charge is 0.325 e. The van der Waals surface area contributed by atoms with E-state index in [0.717, 1.165) is 5.13 Å². The van der Waals surface area contributed by atoms with Crippen molar-refractivity contribution in [3.05, 3.63) is 39.4 Å². The third kappa shape index (κ3) is 4.14. The molecule has 0 aliphatic carbocycles. The molecule has 0 atom stereocenters. The Bertz CT molecular complexity index is 1100. The summed E-state index contributed by atoms with van der Waals surface area (Å²) >= 11 is 1.35. The maximum Gasteiger partial charge on any atom is 0.325 e. The quantitative estimate of drug-likeness (QED) is 0.276. The number of hydrogen-bond donors (Lipinski definition) is 2. The van der Waals surface area contributed by atoms with Crippen molar-refractivity contribution in [3.8, 4) is 0 Å². The van der Waals surface area contributed by atoms with Crippen molar-refractivity contribution in [2.24, 2.45) is 10.7 Å². The third-order valence-corrected chi connectivity index (χ3v) is 4.94. The number of rotatable bonds is 4. The topological polar surface area (TPSA) is 162 Å². The highest BCUT2D eigenvalue weighted by atomic mass is 32.1. The number of nitro benzene ring substituents is 1. The summed E-state index contributed by atoms with van der Waals surface area (Å²) in [6.45, 7) is 2.67. The number of amides is 1. The highest BCUT2D eigenvalue weighted by molar-refractivity contribution is 7.13. The molecule has 0 radical (unpaired) electrons. The molecule has 3 aromatic rings. The highest BCUT2D eigenvalue weighted by Gasteiger charge is 2.18. The summed E-state index contributed by atoms with van der Waals surface area (Å²) in [5.41, 5.74) is 6.40. The number of carbonyl (C=O) groups excluding carboxylic acids is 1. The largest absolute Gasteiger partial charge is 0.422 e. The lowest BCUT2D eigenvalue weighted by Gasteiger charge is -2.25. The van der Waals surface area contributed by atoms with Crippen LogP contribution in [0.5, 0.6) is 0 Å². The predicted molar refractivity (Wildman–Crippen MR) is 105 cm³/mol. The van der Waals surface area contributed by atoms with E-state index in [2.05, 4.69) is 20.3 Å². The first kappa shape index (κ1) is 18.8. The number of hydrogen-bond acceptors (Lipinski definition) is 10. The van der Waals surface area contributed by atoms with Gasteiger partial charge in [0.05, 0.1) is 18.1 Å².